The van der Waals surface area contributed by atoms with Crippen molar-refractivity contribution in [2.45, 2.75) is 0 Å². The van der Waals surface area contributed by atoms with Crippen LogP contribution >= 0.6 is 0 Å². The molecule has 0 atom stereocenters. The molecule has 1 fully saturated rings. The lowest BCUT2D eigenvalue weighted by Gasteiger charge is -2.35. The molecule has 1 N–H and O–H groups in total. The second-order valence-electron chi connectivity index (χ2n) is 6.71. The third-order valence-electron chi connectivity index (χ3n) is 4.82. The van der Waals surface area contributed by atoms with Gasteiger partial charge in [-0.2, -0.15) is 10.4 Å². The van der Waals surface area contributed by atoms with E-state index in [0.717, 1.165) is 43.0 Å². The van der Waals surface area contributed by atoms with Gasteiger partial charge in [0.25, 0.3) is 0 Å². The van der Waals surface area contributed by atoms with Crippen LogP contribution in [0, 0.1) is 11.3 Å². The molecule has 2 aromatic heterocycles. The highest BCUT2D eigenvalue weighted by Gasteiger charge is 2.22. The van der Waals surface area contributed by atoms with E-state index >= 15 is 0 Å². The number of nitrogens with zero attached hydrogens (tertiary/aromatic N) is 7. The molecule has 0 radical (unpaired) electrons. The van der Waals surface area contributed by atoms with E-state index in [1.54, 1.807) is 41.5 Å². The predicted molar refractivity (Wildman–Crippen MR) is 105 cm³/mol. The van der Waals surface area contributed by atoms with E-state index in [-0.39, 0.29) is 5.91 Å². The van der Waals surface area contributed by atoms with Crippen molar-refractivity contribution in [3.63, 3.8) is 0 Å². The number of amides is 1. The van der Waals surface area contributed by atoms with Crippen LogP contribution in [-0.2, 0) is 11.8 Å². The first-order chi connectivity index (χ1) is 13.6. The van der Waals surface area contributed by atoms with Gasteiger partial charge in [-0.25, -0.2) is 9.97 Å². The van der Waals surface area contributed by atoms with E-state index in [9.17, 15) is 4.79 Å². The van der Waals surface area contributed by atoms with Gasteiger partial charge >= 0.3 is 0 Å². The summed E-state index contributed by atoms with van der Waals surface area (Å²) in [7, 11) is 1.86. The molecule has 1 aliphatic rings. The number of aromatic nitrogens is 4. The minimum absolute atomic E-state index is 0.0831. The molecule has 9 nitrogen and oxygen atoms in total. The van der Waals surface area contributed by atoms with Crippen molar-refractivity contribution in [3.05, 3.63) is 42.4 Å². The standard InChI is InChI=1S/C19H20N8O/c1-25-18-16(11-23-25)19(22-13-21-18)27-7-5-26(6-8-27)12-17(28)24-15-4-2-3-14(9-15)10-20/h2-4,9,11,13H,5-8,12H2,1H3,(H,24,28). The molecule has 9 heteroatoms. The highest BCUT2D eigenvalue weighted by molar-refractivity contribution is 5.92. The van der Waals surface area contributed by atoms with E-state index in [4.69, 9.17) is 5.26 Å². The van der Waals surface area contributed by atoms with E-state index in [0.29, 0.717) is 17.8 Å². The normalized spacial score (nSPS) is 14.8. The average molecular weight is 376 g/mol. The zero-order valence-electron chi connectivity index (χ0n) is 15.5. The third kappa shape index (κ3) is 3.63. The zero-order valence-corrected chi connectivity index (χ0v) is 15.5. The van der Waals surface area contributed by atoms with Gasteiger partial charge in [-0.3, -0.25) is 14.4 Å². The van der Waals surface area contributed by atoms with Crippen LogP contribution < -0.4 is 10.2 Å². The SMILES string of the molecule is Cn1ncc2c(N3CCN(CC(=O)Nc4cccc(C#N)c4)CC3)ncnc21. The van der Waals surface area contributed by atoms with Crippen LogP contribution in [0.25, 0.3) is 11.0 Å². The summed E-state index contributed by atoms with van der Waals surface area (Å²) in [6.45, 7) is 3.39. The average Bonchev–Trinajstić information content (AvgIpc) is 3.10. The van der Waals surface area contributed by atoms with Gasteiger partial charge in [0.15, 0.2) is 5.65 Å². The Morgan fingerprint density at radius 1 is 1.25 bits per heavy atom. The Morgan fingerprint density at radius 3 is 2.86 bits per heavy atom. The number of piperazine rings is 1. The summed E-state index contributed by atoms with van der Waals surface area (Å²) in [6.07, 6.45) is 3.36. The van der Waals surface area contributed by atoms with Gasteiger partial charge in [-0.15, -0.1) is 0 Å². The maximum atomic E-state index is 12.3. The molecule has 142 valence electrons. The van der Waals surface area contributed by atoms with Gasteiger partial charge in [-0.1, -0.05) is 6.07 Å². The molecule has 1 aliphatic heterocycles. The maximum absolute atomic E-state index is 12.3. The van der Waals surface area contributed by atoms with Gasteiger partial charge in [-0.05, 0) is 18.2 Å². The lowest BCUT2D eigenvalue weighted by Crippen LogP contribution is -2.49. The smallest absolute Gasteiger partial charge is 0.238 e. The number of rotatable bonds is 4. The van der Waals surface area contributed by atoms with Gasteiger partial charge in [0.1, 0.15) is 12.1 Å². The van der Waals surface area contributed by atoms with E-state index in [2.05, 4.69) is 36.3 Å². The van der Waals surface area contributed by atoms with Crippen LogP contribution in [0.4, 0.5) is 11.5 Å². The van der Waals surface area contributed by atoms with Crippen molar-refractivity contribution in [2.24, 2.45) is 7.05 Å². The number of carbonyl (C=O) groups excluding carboxylic acids is 1. The molecule has 4 rings (SSSR count). The summed E-state index contributed by atoms with van der Waals surface area (Å²) in [5.41, 5.74) is 1.98. The number of fused-ring (bicyclic) bond motifs is 1. The molecule has 1 aromatic carbocycles. The third-order valence-corrected chi connectivity index (χ3v) is 4.82. The van der Waals surface area contributed by atoms with Crippen LogP contribution in [0.5, 0.6) is 0 Å². The number of hydrogen-bond donors (Lipinski definition) is 1. The van der Waals surface area contributed by atoms with E-state index in [1.165, 1.54) is 0 Å². The molecule has 0 aliphatic carbocycles. The monoisotopic (exact) mass is 376 g/mol. The molecular weight excluding hydrogens is 356 g/mol. The molecular formula is C19H20N8O. The van der Waals surface area contributed by atoms with Crippen molar-refractivity contribution < 1.29 is 4.79 Å². The lowest BCUT2D eigenvalue weighted by molar-refractivity contribution is -0.117. The zero-order chi connectivity index (χ0) is 19.5. The van der Waals surface area contributed by atoms with E-state index < -0.39 is 0 Å². The highest BCUT2D eigenvalue weighted by atomic mass is 16.2. The number of hydrogen-bond acceptors (Lipinski definition) is 7. The molecule has 1 amide bonds. The van der Waals surface area contributed by atoms with E-state index in [1.807, 2.05) is 7.05 Å². The van der Waals surface area contributed by atoms with Crippen LogP contribution in [0.3, 0.4) is 0 Å². The minimum atomic E-state index is -0.0831. The van der Waals surface area contributed by atoms with Crippen molar-refractivity contribution >= 4 is 28.4 Å². The first-order valence-electron chi connectivity index (χ1n) is 9.04. The molecule has 0 spiro atoms. The quantitative estimate of drug-likeness (QED) is 0.724. The summed E-state index contributed by atoms with van der Waals surface area (Å²) in [6, 6.07) is 8.99. The molecule has 3 aromatic rings. The van der Waals surface area contributed by atoms with Crippen molar-refractivity contribution in [1.82, 2.24) is 24.6 Å². The van der Waals surface area contributed by atoms with Crippen molar-refractivity contribution in [3.8, 4) is 6.07 Å². The maximum Gasteiger partial charge on any atom is 0.238 e. The van der Waals surface area contributed by atoms with Crippen molar-refractivity contribution in [1.29, 1.82) is 5.26 Å². The number of nitrogens with one attached hydrogen (secondary N) is 1. The summed E-state index contributed by atoms with van der Waals surface area (Å²) < 4.78 is 1.74. The fourth-order valence-electron chi connectivity index (χ4n) is 3.39. The Labute approximate surface area is 162 Å². The second kappa shape index (κ2) is 7.62. The Morgan fingerprint density at radius 2 is 2.07 bits per heavy atom. The molecule has 1 saturated heterocycles. The first-order valence-corrected chi connectivity index (χ1v) is 9.04. The van der Waals surface area contributed by atoms with Crippen LogP contribution in [-0.4, -0.2) is 63.3 Å². The molecule has 0 bridgehead atoms. The fraction of sp³-hybridized carbons (Fsp3) is 0.316. The Balaban J connectivity index is 1.35. The lowest BCUT2D eigenvalue weighted by atomic mass is 10.2. The van der Waals surface area contributed by atoms with Gasteiger partial charge in [0.2, 0.25) is 5.91 Å². The Hall–Kier alpha value is -3.51. The minimum Gasteiger partial charge on any atom is -0.353 e. The first kappa shape index (κ1) is 17.9. The Bertz CT molecular complexity index is 1050. The number of aryl methyl sites for hydroxylation is 1. The number of nitriles is 1. The predicted octanol–water partition coefficient (Wildman–Crippen LogP) is 0.996. The topological polar surface area (TPSA) is 103 Å². The number of carbonyl (C=O) groups is 1. The summed E-state index contributed by atoms with van der Waals surface area (Å²) >= 11 is 0. The van der Waals surface area contributed by atoms with Crippen molar-refractivity contribution in [2.75, 3.05) is 42.9 Å². The summed E-state index contributed by atoms with van der Waals surface area (Å²) in [5.74, 6) is 0.802. The number of benzene rings is 1. The molecule has 28 heavy (non-hydrogen) atoms. The Kier molecular flexibility index (Phi) is 4.87. The van der Waals surface area contributed by atoms with Crippen LogP contribution in [0.1, 0.15) is 5.56 Å². The molecule has 0 saturated carbocycles. The van der Waals surface area contributed by atoms with Crippen LogP contribution in [0.2, 0.25) is 0 Å². The van der Waals surface area contributed by atoms with Gasteiger partial charge in [0, 0.05) is 38.9 Å². The second-order valence-corrected chi connectivity index (χ2v) is 6.71. The number of anilines is 2. The van der Waals surface area contributed by atoms with Gasteiger partial charge < -0.3 is 10.2 Å². The fourth-order valence-corrected chi connectivity index (χ4v) is 3.39. The summed E-state index contributed by atoms with van der Waals surface area (Å²) in [4.78, 5) is 25.4. The largest absolute Gasteiger partial charge is 0.353 e. The van der Waals surface area contributed by atoms with Gasteiger partial charge in [0.05, 0.1) is 29.8 Å². The molecule has 0 unspecified atom stereocenters. The van der Waals surface area contributed by atoms with Crippen LogP contribution in [0.15, 0.2) is 36.8 Å². The molecule has 3 heterocycles. The highest BCUT2D eigenvalue weighted by Crippen LogP contribution is 2.23. The summed E-state index contributed by atoms with van der Waals surface area (Å²) in [5, 5.41) is 17.0.